The molecule has 0 radical (unpaired) electrons. The van der Waals surface area contributed by atoms with Gasteiger partial charge in [-0.05, 0) is 53.1 Å². The van der Waals surface area contributed by atoms with Gasteiger partial charge in [0.25, 0.3) is 0 Å². The number of fused-ring (bicyclic) bond motifs is 3. The van der Waals surface area contributed by atoms with Crippen LogP contribution in [-0.2, 0) is 9.53 Å². The van der Waals surface area contributed by atoms with E-state index in [-0.39, 0.29) is 17.7 Å². The normalized spacial score (nSPS) is 12.5. The molecule has 1 atom stereocenters. The second kappa shape index (κ2) is 5.76. The third-order valence-electron chi connectivity index (χ3n) is 3.98. The minimum atomic E-state index is -0.352. The van der Waals surface area contributed by atoms with Crippen molar-refractivity contribution in [3.05, 3.63) is 59.9 Å². The number of ether oxygens (including phenoxy) is 1. The van der Waals surface area contributed by atoms with Crippen LogP contribution in [0.1, 0.15) is 25.3 Å². The Morgan fingerprint density at radius 1 is 1.09 bits per heavy atom. The highest BCUT2D eigenvalue weighted by Gasteiger charge is 2.19. The summed E-state index contributed by atoms with van der Waals surface area (Å²) in [7, 11) is 0. The van der Waals surface area contributed by atoms with Gasteiger partial charge in [-0.2, -0.15) is 0 Å². The molecule has 3 aromatic rings. The second-order valence-corrected chi connectivity index (χ2v) is 5.35. The van der Waals surface area contributed by atoms with Gasteiger partial charge in [0.05, 0.1) is 12.5 Å². The molecule has 0 bridgehead atoms. The molecule has 0 fully saturated rings. The Labute approximate surface area is 128 Å². The summed E-state index contributed by atoms with van der Waals surface area (Å²) >= 11 is 0. The summed E-state index contributed by atoms with van der Waals surface area (Å²) in [5.74, 6) is -0.854. The lowest BCUT2D eigenvalue weighted by Gasteiger charge is -2.14. The average Bonchev–Trinajstić information content (AvgIpc) is 2.53. The summed E-state index contributed by atoms with van der Waals surface area (Å²) in [6.07, 6.45) is 0. The second-order valence-electron chi connectivity index (χ2n) is 5.35. The number of esters is 1. The predicted octanol–water partition coefficient (Wildman–Crippen LogP) is 4.80. The molecule has 0 spiro atoms. The van der Waals surface area contributed by atoms with E-state index in [2.05, 4.69) is 0 Å². The largest absolute Gasteiger partial charge is 0.466 e. The van der Waals surface area contributed by atoms with Crippen molar-refractivity contribution in [1.29, 1.82) is 0 Å². The number of carbonyl (C=O) groups excluding carboxylic acids is 1. The highest BCUT2D eigenvalue weighted by molar-refractivity contribution is 6.09. The maximum atomic E-state index is 13.6. The summed E-state index contributed by atoms with van der Waals surface area (Å²) in [5.41, 5.74) is 0.905. The lowest BCUT2D eigenvalue weighted by molar-refractivity contribution is -0.144. The molecule has 0 saturated heterocycles. The van der Waals surface area contributed by atoms with E-state index in [0.717, 1.165) is 27.1 Å². The zero-order chi connectivity index (χ0) is 15.7. The van der Waals surface area contributed by atoms with Gasteiger partial charge in [-0.1, -0.05) is 36.4 Å². The maximum absolute atomic E-state index is 13.6. The highest BCUT2D eigenvalue weighted by Crippen LogP contribution is 2.32. The van der Waals surface area contributed by atoms with Crippen LogP contribution in [0.15, 0.2) is 48.5 Å². The molecule has 0 aliphatic rings. The molecule has 1 unspecified atom stereocenters. The minimum Gasteiger partial charge on any atom is -0.466 e. The van der Waals surface area contributed by atoms with E-state index in [1.165, 1.54) is 12.1 Å². The van der Waals surface area contributed by atoms with Gasteiger partial charge in [0.15, 0.2) is 0 Å². The van der Waals surface area contributed by atoms with E-state index < -0.39 is 0 Å². The Morgan fingerprint density at radius 2 is 1.86 bits per heavy atom. The predicted molar refractivity (Wildman–Crippen MR) is 86.5 cm³/mol. The molecule has 0 aromatic heterocycles. The van der Waals surface area contributed by atoms with Crippen LogP contribution in [-0.4, -0.2) is 12.6 Å². The van der Waals surface area contributed by atoms with E-state index in [4.69, 9.17) is 4.74 Å². The Bertz CT molecular complexity index is 855. The van der Waals surface area contributed by atoms with E-state index in [1.54, 1.807) is 13.0 Å². The number of hydrogen-bond acceptors (Lipinski definition) is 2. The number of benzene rings is 3. The van der Waals surface area contributed by atoms with Gasteiger partial charge in [-0.3, -0.25) is 4.79 Å². The first kappa shape index (κ1) is 14.5. The minimum absolute atomic E-state index is 0.241. The van der Waals surface area contributed by atoms with Crippen LogP contribution in [0.25, 0.3) is 21.5 Å². The average molecular weight is 296 g/mol. The molecule has 0 saturated carbocycles. The fourth-order valence-electron chi connectivity index (χ4n) is 2.86. The fraction of sp³-hybridized carbons (Fsp3) is 0.211. The SMILES string of the molecule is CCOC(=O)C(C)c1cccc2c1ccc1ccc(F)cc12. The van der Waals surface area contributed by atoms with Crippen molar-refractivity contribution < 1.29 is 13.9 Å². The van der Waals surface area contributed by atoms with Crippen LogP contribution in [0.3, 0.4) is 0 Å². The Kier molecular flexibility index (Phi) is 3.80. The van der Waals surface area contributed by atoms with Crippen molar-refractivity contribution in [2.75, 3.05) is 6.61 Å². The number of rotatable bonds is 3. The van der Waals surface area contributed by atoms with Crippen molar-refractivity contribution in [3.63, 3.8) is 0 Å². The summed E-state index contributed by atoms with van der Waals surface area (Å²) in [4.78, 5) is 12.0. The zero-order valence-corrected chi connectivity index (χ0v) is 12.6. The van der Waals surface area contributed by atoms with Crippen LogP contribution >= 0.6 is 0 Å². The van der Waals surface area contributed by atoms with Gasteiger partial charge in [0.1, 0.15) is 5.82 Å². The number of halogens is 1. The zero-order valence-electron chi connectivity index (χ0n) is 12.6. The van der Waals surface area contributed by atoms with Crippen molar-refractivity contribution >= 4 is 27.5 Å². The smallest absolute Gasteiger partial charge is 0.313 e. The van der Waals surface area contributed by atoms with E-state index in [1.807, 2.05) is 37.3 Å². The third-order valence-corrected chi connectivity index (χ3v) is 3.98. The molecule has 3 heteroatoms. The highest BCUT2D eigenvalue weighted by atomic mass is 19.1. The molecule has 3 rings (SSSR count). The summed E-state index contributed by atoms with van der Waals surface area (Å²) < 4.78 is 18.7. The van der Waals surface area contributed by atoms with Crippen molar-refractivity contribution in [1.82, 2.24) is 0 Å². The Morgan fingerprint density at radius 3 is 2.64 bits per heavy atom. The Hall–Kier alpha value is -2.42. The molecule has 0 aliphatic heterocycles. The topological polar surface area (TPSA) is 26.3 Å². The van der Waals surface area contributed by atoms with E-state index in [9.17, 15) is 9.18 Å². The molecule has 3 aromatic carbocycles. The van der Waals surface area contributed by atoms with Crippen molar-refractivity contribution in [2.24, 2.45) is 0 Å². The molecular weight excluding hydrogens is 279 g/mol. The van der Waals surface area contributed by atoms with Gasteiger partial charge in [0, 0.05) is 0 Å². The fourth-order valence-corrected chi connectivity index (χ4v) is 2.86. The standard InChI is InChI=1S/C19H17FO2/c1-3-22-19(21)12(2)15-5-4-6-16-17(15)10-8-13-7-9-14(20)11-18(13)16/h4-12H,3H2,1-2H3. The van der Waals surface area contributed by atoms with E-state index >= 15 is 0 Å². The van der Waals surface area contributed by atoms with Crippen LogP contribution in [0, 0.1) is 5.82 Å². The molecule has 0 amide bonds. The molecule has 0 aliphatic carbocycles. The molecular formula is C19H17FO2. The first-order chi connectivity index (χ1) is 10.6. The quantitative estimate of drug-likeness (QED) is 0.512. The van der Waals surface area contributed by atoms with Crippen LogP contribution in [0.5, 0.6) is 0 Å². The first-order valence-electron chi connectivity index (χ1n) is 7.39. The van der Waals surface area contributed by atoms with Crippen LogP contribution in [0.4, 0.5) is 4.39 Å². The third kappa shape index (κ3) is 2.43. The molecule has 0 N–H and O–H groups in total. The number of hydrogen-bond donors (Lipinski definition) is 0. The first-order valence-corrected chi connectivity index (χ1v) is 7.39. The summed E-state index contributed by atoms with van der Waals surface area (Å²) in [6, 6.07) is 14.5. The van der Waals surface area contributed by atoms with Gasteiger partial charge < -0.3 is 4.74 Å². The van der Waals surface area contributed by atoms with Gasteiger partial charge >= 0.3 is 5.97 Å². The van der Waals surface area contributed by atoms with Gasteiger partial charge in [0.2, 0.25) is 0 Å². The molecule has 0 heterocycles. The number of carbonyl (C=O) groups is 1. The summed E-state index contributed by atoms with van der Waals surface area (Å²) in [6.45, 7) is 3.99. The Balaban J connectivity index is 2.23. The molecule has 2 nitrogen and oxygen atoms in total. The van der Waals surface area contributed by atoms with Crippen LogP contribution < -0.4 is 0 Å². The van der Waals surface area contributed by atoms with E-state index in [0.29, 0.717) is 6.61 Å². The maximum Gasteiger partial charge on any atom is 0.313 e. The molecule has 22 heavy (non-hydrogen) atoms. The lowest BCUT2D eigenvalue weighted by atomic mass is 9.92. The monoisotopic (exact) mass is 296 g/mol. The van der Waals surface area contributed by atoms with Crippen molar-refractivity contribution in [3.8, 4) is 0 Å². The van der Waals surface area contributed by atoms with Gasteiger partial charge in [-0.15, -0.1) is 0 Å². The van der Waals surface area contributed by atoms with Crippen molar-refractivity contribution in [2.45, 2.75) is 19.8 Å². The van der Waals surface area contributed by atoms with Crippen LogP contribution in [0.2, 0.25) is 0 Å². The van der Waals surface area contributed by atoms with Gasteiger partial charge in [-0.25, -0.2) is 4.39 Å². The lowest BCUT2D eigenvalue weighted by Crippen LogP contribution is -2.13. The summed E-state index contributed by atoms with van der Waals surface area (Å²) in [5, 5.41) is 3.75. The molecule has 112 valence electrons.